The van der Waals surface area contributed by atoms with Gasteiger partial charge in [0.15, 0.2) is 0 Å². The number of thioether (sulfide) groups is 1. The van der Waals surface area contributed by atoms with Gasteiger partial charge in [-0.2, -0.15) is 28.8 Å². The molecule has 2 saturated heterocycles. The smallest absolute Gasteiger partial charge is 0.281 e. The van der Waals surface area contributed by atoms with Crippen LogP contribution in [0, 0.1) is 0 Å². The Morgan fingerprint density at radius 3 is 2.40 bits per heavy atom. The zero-order valence-corrected chi connectivity index (χ0v) is 13.5. The third kappa shape index (κ3) is 3.45. The van der Waals surface area contributed by atoms with E-state index in [-0.39, 0.29) is 11.9 Å². The summed E-state index contributed by atoms with van der Waals surface area (Å²) in [6, 6.07) is -0.120. The van der Waals surface area contributed by atoms with E-state index in [1.165, 1.54) is 22.7 Å². The minimum atomic E-state index is -3.36. The zero-order chi connectivity index (χ0) is 14.8. The molecular weight excluding hydrogens is 300 g/mol. The van der Waals surface area contributed by atoms with Crippen molar-refractivity contribution in [1.29, 1.82) is 0 Å². The summed E-state index contributed by atoms with van der Waals surface area (Å²) in [6.45, 7) is 2.53. The molecule has 2 heterocycles. The van der Waals surface area contributed by atoms with Gasteiger partial charge in [-0.25, -0.2) is 0 Å². The van der Waals surface area contributed by atoms with Crippen LogP contribution < -0.4 is 5.32 Å². The number of hydrogen-bond acceptors (Lipinski definition) is 5. The highest BCUT2D eigenvalue weighted by atomic mass is 32.2. The highest BCUT2D eigenvalue weighted by Gasteiger charge is 2.32. The summed E-state index contributed by atoms with van der Waals surface area (Å²) in [5, 5.41) is 3.22. The summed E-state index contributed by atoms with van der Waals surface area (Å²) >= 11 is 1.78. The van der Waals surface area contributed by atoms with E-state index in [1.807, 2.05) is 0 Å². The second-order valence-corrected chi connectivity index (χ2v) is 8.39. The van der Waals surface area contributed by atoms with Gasteiger partial charge in [0.25, 0.3) is 10.2 Å². The van der Waals surface area contributed by atoms with Crippen LogP contribution in [0.2, 0.25) is 0 Å². The predicted octanol–water partition coefficient (Wildman–Crippen LogP) is -1.36. The lowest BCUT2D eigenvalue weighted by Gasteiger charge is -2.37. The van der Waals surface area contributed by atoms with E-state index in [4.69, 9.17) is 0 Å². The lowest BCUT2D eigenvalue weighted by atomic mass is 10.2. The maximum Gasteiger partial charge on any atom is 0.281 e. The molecule has 2 rings (SSSR count). The molecule has 7 nitrogen and oxygen atoms in total. The molecule has 0 spiro atoms. The first-order valence-electron chi connectivity index (χ1n) is 6.70. The Labute approximate surface area is 124 Å². The Bertz CT molecular complexity index is 441. The molecule has 0 radical (unpaired) electrons. The number of amides is 1. The summed E-state index contributed by atoms with van der Waals surface area (Å²) in [5.74, 6) is 1.94. The van der Waals surface area contributed by atoms with Gasteiger partial charge >= 0.3 is 0 Å². The molecule has 116 valence electrons. The van der Waals surface area contributed by atoms with Crippen molar-refractivity contribution in [2.45, 2.75) is 6.04 Å². The first-order valence-corrected chi connectivity index (χ1v) is 9.25. The van der Waals surface area contributed by atoms with Crippen molar-refractivity contribution in [1.82, 2.24) is 18.8 Å². The van der Waals surface area contributed by atoms with Gasteiger partial charge in [-0.3, -0.25) is 4.79 Å². The molecule has 1 amide bonds. The molecule has 0 aromatic heterocycles. The predicted molar refractivity (Wildman–Crippen MR) is 79.9 cm³/mol. The average Bonchev–Trinajstić information content (AvgIpc) is 2.47. The van der Waals surface area contributed by atoms with Crippen LogP contribution in [-0.2, 0) is 15.0 Å². The maximum absolute atomic E-state index is 12.3. The van der Waals surface area contributed by atoms with E-state index in [2.05, 4.69) is 5.32 Å². The number of hydrogen-bond donors (Lipinski definition) is 1. The van der Waals surface area contributed by atoms with E-state index < -0.39 is 10.2 Å². The molecule has 0 bridgehead atoms. The summed E-state index contributed by atoms with van der Waals surface area (Å²) < 4.78 is 26.6. The van der Waals surface area contributed by atoms with Crippen LogP contribution in [-0.4, -0.2) is 92.2 Å². The van der Waals surface area contributed by atoms with E-state index in [0.29, 0.717) is 26.2 Å². The standard InChI is InChI=1S/C11H22N4O3S2/c1-13(2)20(17,18)15-6-4-14(5-7-15)11(16)10-9-19-8-3-12-10/h10,12H,3-9H2,1-2H3. The summed E-state index contributed by atoms with van der Waals surface area (Å²) in [4.78, 5) is 14.1. The average molecular weight is 322 g/mol. The van der Waals surface area contributed by atoms with E-state index in [1.54, 1.807) is 16.7 Å². The molecule has 0 saturated carbocycles. The molecule has 0 aromatic rings. The zero-order valence-electron chi connectivity index (χ0n) is 11.9. The van der Waals surface area contributed by atoms with Crippen molar-refractivity contribution < 1.29 is 13.2 Å². The van der Waals surface area contributed by atoms with Crippen molar-refractivity contribution in [2.24, 2.45) is 0 Å². The van der Waals surface area contributed by atoms with Gasteiger partial charge in [0.05, 0.1) is 6.04 Å². The third-order valence-corrected chi connectivity index (χ3v) is 6.56. The summed E-state index contributed by atoms with van der Waals surface area (Å²) in [7, 11) is -0.317. The number of carbonyl (C=O) groups is 1. The Hall–Kier alpha value is -0.350. The fraction of sp³-hybridized carbons (Fsp3) is 0.909. The van der Waals surface area contributed by atoms with Crippen molar-refractivity contribution in [3.63, 3.8) is 0 Å². The molecule has 1 unspecified atom stereocenters. The lowest BCUT2D eigenvalue weighted by molar-refractivity contribution is -0.134. The lowest BCUT2D eigenvalue weighted by Crippen LogP contribution is -2.57. The van der Waals surface area contributed by atoms with Crippen molar-refractivity contribution in [2.75, 3.05) is 58.3 Å². The number of rotatable bonds is 3. The summed E-state index contributed by atoms with van der Waals surface area (Å²) in [6.07, 6.45) is 0. The molecule has 1 atom stereocenters. The van der Waals surface area contributed by atoms with Gasteiger partial charge in [0.2, 0.25) is 5.91 Å². The SMILES string of the molecule is CN(C)S(=O)(=O)N1CCN(C(=O)C2CSCCN2)CC1. The van der Waals surface area contributed by atoms with Gasteiger partial charge in [0, 0.05) is 58.3 Å². The number of carbonyl (C=O) groups excluding carboxylic acids is 1. The quantitative estimate of drug-likeness (QED) is 0.695. The second kappa shape index (κ2) is 6.61. The normalized spacial score (nSPS) is 25.9. The molecule has 2 fully saturated rings. The molecule has 20 heavy (non-hydrogen) atoms. The molecule has 2 aliphatic heterocycles. The van der Waals surface area contributed by atoms with Gasteiger partial charge in [-0.1, -0.05) is 0 Å². The largest absolute Gasteiger partial charge is 0.339 e. The van der Waals surface area contributed by atoms with Crippen LogP contribution in [0.5, 0.6) is 0 Å². The molecule has 9 heteroatoms. The van der Waals surface area contributed by atoms with E-state index >= 15 is 0 Å². The fourth-order valence-electron chi connectivity index (χ4n) is 2.31. The highest BCUT2D eigenvalue weighted by molar-refractivity contribution is 7.99. The minimum Gasteiger partial charge on any atom is -0.339 e. The van der Waals surface area contributed by atoms with Crippen LogP contribution in [0.15, 0.2) is 0 Å². The molecule has 0 aliphatic carbocycles. The van der Waals surface area contributed by atoms with E-state index in [0.717, 1.165) is 18.1 Å². The Kier molecular flexibility index (Phi) is 5.30. The Balaban J connectivity index is 1.89. The Morgan fingerprint density at radius 1 is 1.25 bits per heavy atom. The number of nitrogens with zero attached hydrogens (tertiary/aromatic N) is 3. The highest BCUT2D eigenvalue weighted by Crippen LogP contribution is 2.14. The van der Waals surface area contributed by atoms with Crippen LogP contribution >= 0.6 is 11.8 Å². The van der Waals surface area contributed by atoms with Crippen molar-refractivity contribution in [3.05, 3.63) is 0 Å². The third-order valence-electron chi connectivity index (χ3n) is 3.56. The summed E-state index contributed by atoms with van der Waals surface area (Å²) in [5.41, 5.74) is 0. The molecular formula is C11H22N4O3S2. The van der Waals surface area contributed by atoms with Crippen LogP contribution in [0.1, 0.15) is 0 Å². The van der Waals surface area contributed by atoms with Crippen LogP contribution in [0.4, 0.5) is 0 Å². The van der Waals surface area contributed by atoms with Crippen molar-refractivity contribution in [3.8, 4) is 0 Å². The topological polar surface area (TPSA) is 73.0 Å². The fourth-order valence-corrected chi connectivity index (χ4v) is 4.33. The molecule has 1 N–H and O–H groups in total. The van der Waals surface area contributed by atoms with Gasteiger partial charge in [0.1, 0.15) is 0 Å². The Morgan fingerprint density at radius 2 is 1.90 bits per heavy atom. The molecule has 0 aromatic carbocycles. The van der Waals surface area contributed by atoms with Gasteiger partial charge in [-0.15, -0.1) is 0 Å². The number of nitrogens with one attached hydrogen (secondary N) is 1. The minimum absolute atomic E-state index is 0.0964. The first kappa shape index (κ1) is 16.0. The van der Waals surface area contributed by atoms with Gasteiger partial charge < -0.3 is 10.2 Å². The van der Waals surface area contributed by atoms with Crippen LogP contribution in [0.25, 0.3) is 0 Å². The monoisotopic (exact) mass is 322 g/mol. The number of piperazine rings is 1. The van der Waals surface area contributed by atoms with Crippen LogP contribution in [0.3, 0.4) is 0 Å². The first-order chi connectivity index (χ1) is 9.43. The maximum atomic E-state index is 12.3. The second-order valence-electron chi connectivity index (χ2n) is 5.10. The van der Waals surface area contributed by atoms with Gasteiger partial charge in [-0.05, 0) is 0 Å². The van der Waals surface area contributed by atoms with Crippen molar-refractivity contribution >= 4 is 27.9 Å². The van der Waals surface area contributed by atoms with E-state index in [9.17, 15) is 13.2 Å². The molecule has 2 aliphatic rings.